The number of hydrogen-bond donors (Lipinski definition) is 1. The average molecular weight is 425 g/mol. The van der Waals surface area contributed by atoms with Gasteiger partial charge in [0.1, 0.15) is 0 Å². The Morgan fingerprint density at radius 3 is 2.41 bits per heavy atom. The van der Waals surface area contributed by atoms with Crippen LogP contribution in [-0.2, 0) is 32.4 Å². The molecule has 1 N–H and O–H groups in total. The van der Waals surface area contributed by atoms with E-state index < -0.39 is 0 Å². The second-order valence-corrected chi connectivity index (χ2v) is 9.36. The molecule has 3 nitrogen and oxygen atoms in total. The van der Waals surface area contributed by atoms with Gasteiger partial charge in [0.25, 0.3) is 5.91 Å². The average Bonchev–Trinajstić information content (AvgIpc) is 2.84. The summed E-state index contributed by atoms with van der Waals surface area (Å²) in [4.78, 5) is 15.3. The van der Waals surface area contributed by atoms with Crippen LogP contribution in [0.25, 0.3) is 0 Å². The van der Waals surface area contributed by atoms with Gasteiger partial charge in [-0.1, -0.05) is 54.6 Å². The third-order valence-electron chi connectivity index (χ3n) is 7.05. The van der Waals surface area contributed by atoms with Crippen molar-refractivity contribution in [2.24, 2.45) is 0 Å². The topological polar surface area (TPSA) is 32.3 Å². The molecule has 1 atom stereocenters. The Balaban J connectivity index is 1.19. The predicted octanol–water partition coefficient (Wildman–Crippen LogP) is 5.61. The van der Waals surface area contributed by atoms with Gasteiger partial charge in [-0.15, -0.1) is 0 Å². The van der Waals surface area contributed by atoms with Gasteiger partial charge in [-0.2, -0.15) is 0 Å². The van der Waals surface area contributed by atoms with E-state index >= 15 is 0 Å². The van der Waals surface area contributed by atoms with Crippen molar-refractivity contribution in [3.05, 3.63) is 106 Å². The smallest absolute Gasteiger partial charge is 0.251 e. The lowest BCUT2D eigenvalue weighted by molar-refractivity contribution is 0.0940. The molecule has 0 saturated carbocycles. The minimum Gasteiger partial charge on any atom is -0.346 e. The van der Waals surface area contributed by atoms with Gasteiger partial charge >= 0.3 is 0 Å². The Morgan fingerprint density at radius 1 is 0.875 bits per heavy atom. The largest absolute Gasteiger partial charge is 0.346 e. The molecule has 0 fully saturated rings. The first-order valence-electron chi connectivity index (χ1n) is 12.0. The zero-order valence-electron chi connectivity index (χ0n) is 18.9. The fourth-order valence-corrected chi connectivity index (χ4v) is 5.09. The zero-order chi connectivity index (χ0) is 21.9. The predicted molar refractivity (Wildman–Crippen MR) is 130 cm³/mol. The van der Waals surface area contributed by atoms with Crippen LogP contribution >= 0.6 is 0 Å². The van der Waals surface area contributed by atoms with Crippen molar-refractivity contribution in [3.8, 4) is 0 Å². The molecule has 0 bridgehead atoms. The quantitative estimate of drug-likeness (QED) is 0.577. The van der Waals surface area contributed by atoms with Gasteiger partial charge in [0.2, 0.25) is 0 Å². The molecular weight excluding hydrogens is 392 g/mol. The molecular formula is C29H32N2O. The number of carbonyl (C=O) groups is 1. The SMILES string of the molecule is CC(NC(=O)c1ccc(CN2CCc3ccccc3C2)cc1)c1ccc2c(c1)CCCC2. The van der Waals surface area contributed by atoms with Crippen molar-refractivity contribution in [1.82, 2.24) is 10.2 Å². The van der Waals surface area contributed by atoms with E-state index in [1.165, 1.54) is 52.6 Å². The third-order valence-corrected chi connectivity index (χ3v) is 7.05. The van der Waals surface area contributed by atoms with Crippen LogP contribution in [0.2, 0.25) is 0 Å². The highest BCUT2D eigenvalue weighted by molar-refractivity contribution is 5.94. The number of nitrogens with zero attached hydrogens (tertiary/aromatic N) is 1. The molecule has 1 amide bonds. The standard InChI is InChI=1S/C29H32N2O/c1-21(26-15-14-23-6-2-4-8-27(23)18-26)30-29(32)25-12-10-22(11-13-25)19-31-17-16-24-7-3-5-9-28(24)20-31/h3,5,7,9-15,18,21H,2,4,6,8,16-17,19-20H2,1H3,(H,30,32). The molecule has 164 valence electrons. The highest BCUT2D eigenvalue weighted by Crippen LogP contribution is 2.25. The number of fused-ring (bicyclic) bond motifs is 2. The van der Waals surface area contributed by atoms with E-state index in [9.17, 15) is 4.79 Å². The summed E-state index contributed by atoms with van der Waals surface area (Å²) in [6, 6.07) is 23.6. The number of benzene rings is 3. The first-order chi connectivity index (χ1) is 15.7. The van der Waals surface area contributed by atoms with Crippen molar-refractivity contribution in [2.45, 2.75) is 58.2 Å². The summed E-state index contributed by atoms with van der Waals surface area (Å²) in [6.07, 6.45) is 6.02. The summed E-state index contributed by atoms with van der Waals surface area (Å²) in [6.45, 7) is 5.07. The first-order valence-corrected chi connectivity index (χ1v) is 12.0. The van der Waals surface area contributed by atoms with Crippen LogP contribution in [-0.4, -0.2) is 17.4 Å². The molecule has 2 aliphatic rings. The van der Waals surface area contributed by atoms with Crippen LogP contribution in [0.15, 0.2) is 66.7 Å². The number of hydrogen-bond acceptors (Lipinski definition) is 2. The second-order valence-electron chi connectivity index (χ2n) is 9.36. The highest BCUT2D eigenvalue weighted by atomic mass is 16.1. The van der Waals surface area contributed by atoms with Crippen LogP contribution in [0.3, 0.4) is 0 Å². The second kappa shape index (κ2) is 9.30. The van der Waals surface area contributed by atoms with Crippen LogP contribution in [0.1, 0.15) is 69.5 Å². The zero-order valence-corrected chi connectivity index (χ0v) is 18.9. The number of aryl methyl sites for hydroxylation is 2. The van der Waals surface area contributed by atoms with Crippen LogP contribution in [0.5, 0.6) is 0 Å². The normalized spacial score (nSPS) is 16.7. The van der Waals surface area contributed by atoms with E-state index in [-0.39, 0.29) is 11.9 Å². The van der Waals surface area contributed by atoms with E-state index in [1.54, 1.807) is 0 Å². The monoisotopic (exact) mass is 424 g/mol. The Bertz CT molecular complexity index is 1100. The van der Waals surface area contributed by atoms with Crippen molar-refractivity contribution in [1.29, 1.82) is 0 Å². The molecule has 0 aromatic heterocycles. The molecule has 32 heavy (non-hydrogen) atoms. The summed E-state index contributed by atoms with van der Waals surface area (Å²) in [5.41, 5.74) is 9.02. The fourth-order valence-electron chi connectivity index (χ4n) is 5.09. The van der Waals surface area contributed by atoms with Gasteiger partial charge in [0.05, 0.1) is 6.04 Å². The lowest BCUT2D eigenvalue weighted by atomic mass is 9.89. The number of nitrogens with one attached hydrogen (secondary N) is 1. The Labute approximate surface area is 191 Å². The molecule has 1 unspecified atom stereocenters. The maximum atomic E-state index is 12.8. The Morgan fingerprint density at radius 2 is 1.59 bits per heavy atom. The van der Waals surface area contributed by atoms with Crippen molar-refractivity contribution < 1.29 is 4.79 Å². The van der Waals surface area contributed by atoms with Crippen LogP contribution < -0.4 is 5.32 Å². The molecule has 3 aromatic rings. The van der Waals surface area contributed by atoms with Crippen molar-refractivity contribution in [3.63, 3.8) is 0 Å². The lowest BCUT2D eigenvalue weighted by Gasteiger charge is -2.28. The van der Waals surface area contributed by atoms with Gasteiger partial charge in [0.15, 0.2) is 0 Å². The number of amides is 1. The third kappa shape index (κ3) is 4.63. The lowest BCUT2D eigenvalue weighted by Crippen LogP contribution is -2.30. The highest BCUT2D eigenvalue weighted by Gasteiger charge is 2.17. The number of rotatable bonds is 5. The number of carbonyl (C=O) groups excluding carboxylic acids is 1. The van der Waals surface area contributed by atoms with Crippen molar-refractivity contribution >= 4 is 5.91 Å². The Kier molecular flexibility index (Phi) is 6.09. The van der Waals surface area contributed by atoms with E-state index in [1.807, 2.05) is 12.1 Å². The summed E-state index contributed by atoms with van der Waals surface area (Å²) >= 11 is 0. The van der Waals surface area contributed by atoms with Crippen LogP contribution in [0.4, 0.5) is 0 Å². The first kappa shape index (κ1) is 21.0. The molecule has 0 radical (unpaired) electrons. The van der Waals surface area contributed by atoms with Crippen molar-refractivity contribution in [2.75, 3.05) is 6.54 Å². The van der Waals surface area contributed by atoms with E-state index in [4.69, 9.17) is 0 Å². The molecule has 0 spiro atoms. The summed E-state index contributed by atoms with van der Waals surface area (Å²) < 4.78 is 0. The van der Waals surface area contributed by atoms with E-state index in [0.717, 1.165) is 38.0 Å². The minimum absolute atomic E-state index is 0.00261. The van der Waals surface area contributed by atoms with Gasteiger partial charge < -0.3 is 5.32 Å². The Hall–Kier alpha value is -2.91. The minimum atomic E-state index is -0.00586. The van der Waals surface area contributed by atoms with Gasteiger partial charge in [0, 0.05) is 25.2 Å². The van der Waals surface area contributed by atoms with Gasteiger partial charge in [-0.3, -0.25) is 9.69 Å². The summed E-state index contributed by atoms with van der Waals surface area (Å²) in [5, 5.41) is 3.18. The summed E-state index contributed by atoms with van der Waals surface area (Å²) in [5.74, 6) is -0.00586. The van der Waals surface area contributed by atoms with E-state index in [2.05, 4.69) is 71.7 Å². The molecule has 5 rings (SSSR count). The molecule has 1 heterocycles. The molecule has 1 aliphatic heterocycles. The van der Waals surface area contributed by atoms with Gasteiger partial charge in [-0.25, -0.2) is 0 Å². The van der Waals surface area contributed by atoms with Gasteiger partial charge in [-0.05, 0) is 84.5 Å². The summed E-state index contributed by atoms with van der Waals surface area (Å²) in [7, 11) is 0. The maximum Gasteiger partial charge on any atom is 0.251 e. The van der Waals surface area contributed by atoms with Crippen LogP contribution in [0, 0.1) is 0 Å². The molecule has 3 heteroatoms. The molecule has 0 saturated heterocycles. The fraction of sp³-hybridized carbons (Fsp3) is 0.345. The van der Waals surface area contributed by atoms with E-state index in [0.29, 0.717) is 0 Å². The molecule has 3 aromatic carbocycles. The molecule has 1 aliphatic carbocycles. The maximum absolute atomic E-state index is 12.8.